The second-order valence-electron chi connectivity index (χ2n) is 9.76. The summed E-state index contributed by atoms with van der Waals surface area (Å²) in [5, 5.41) is 1.18. The number of benzene rings is 2. The van der Waals surface area contributed by atoms with Crippen LogP contribution in [0.25, 0.3) is 22.0 Å². The molecule has 6 heteroatoms. The number of pyridine rings is 1. The number of nitrogens with zero attached hydrogens (tertiary/aromatic N) is 2. The molecule has 0 spiro atoms. The summed E-state index contributed by atoms with van der Waals surface area (Å²) in [6, 6.07) is 15.0. The Morgan fingerprint density at radius 1 is 1.03 bits per heavy atom. The van der Waals surface area contributed by atoms with Crippen molar-refractivity contribution in [2.24, 2.45) is 0 Å². The third-order valence-electron chi connectivity index (χ3n) is 7.19. The van der Waals surface area contributed by atoms with E-state index in [-0.39, 0.29) is 23.4 Å². The van der Waals surface area contributed by atoms with Crippen LogP contribution in [-0.2, 0) is 15.9 Å². The summed E-state index contributed by atoms with van der Waals surface area (Å²) in [5.74, 6) is 1.13. The number of methoxy groups -OCH3 is 1. The summed E-state index contributed by atoms with van der Waals surface area (Å²) < 4.78 is 23.7. The molecule has 1 aliphatic heterocycles. The molecule has 5 rings (SSSR count). The fraction of sp³-hybridized carbons (Fsp3) is 0.414. The molecule has 0 N–H and O–H groups in total. The number of hydrogen-bond acceptors (Lipinski definition) is 5. The van der Waals surface area contributed by atoms with Gasteiger partial charge in [0.25, 0.3) is 0 Å². The van der Waals surface area contributed by atoms with E-state index in [1.165, 1.54) is 11.3 Å². The smallest absolute Gasteiger partial charge is 0.137 e. The monoisotopic (exact) mass is 490 g/mol. The first kappa shape index (κ1) is 24.2. The number of hydrogen-bond donors (Lipinski definition) is 0. The molecule has 5 unspecified atom stereocenters. The van der Waals surface area contributed by atoms with Gasteiger partial charge < -0.3 is 18.9 Å². The summed E-state index contributed by atoms with van der Waals surface area (Å²) in [6.07, 6.45) is 10.4. The first-order valence-electron chi connectivity index (χ1n) is 12.4. The summed E-state index contributed by atoms with van der Waals surface area (Å²) in [6.45, 7) is 6.06. The molecule has 1 aliphatic carbocycles. The predicted molar refractivity (Wildman–Crippen MR) is 145 cm³/mol. The molecular weight excluding hydrogens is 456 g/mol. The van der Waals surface area contributed by atoms with Crippen molar-refractivity contribution in [1.82, 2.24) is 4.98 Å². The first-order valence-corrected chi connectivity index (χ1v) is 14.0. The number of morpholine rings is 1. The number of fused-ring (bicyclic) bond motifs is 1. The highest BCUT2D eigenvalue weighted by atomic mass is 32.2. The lowest BCUT2D eigenvalue weighted by molar-refractivity contribution is -0.00521. The van der Waals surface area contributed by atoms with Gasteiger partial charge in [-0.05, 0) is 73.3 Å². The molecule has 3 aromatic rings. The van der Waals surface area contributed by atoms with Crippen LogP contribution in [0.2, 0.25) is 0 Å². The average molecular weight is 491 g/mol. The standard InChI is InChI=1S/C29H34N2O3S/c1-19-17-31(18-20(2)34-19)23-12-8-22(9-13-23)27-16-30-28-25(6-5-7-26(28)29(27)33-3)21-10-14-24(15-11-21)35(4)32/h5-10,12-14,16,19-21,24H,11,15,17-18H2,1-4H3. The summed E-state index contributed by atoms with van der Waals surface area (Å²) >= 11 is -0.819. The number of para-hydroxylation sites is 1. The van der Waals surface area contributed by atoms with Gasteiger partial charge in [0.1, 0.15) is 11.0 Å². The highest BCUT2D eigenvalue weighted by Gasteiger charge is 2.25. The van der Waals surface area contributed by atoms with Crippen molar-refractivity contribution in [3.8, 4) is 16.9 Å². The molecule has 35 heavy (non-hydrogen) atoms. The van der Waals surface area contributed by atoms with E-state index in [9.17, 15) is 4.55 Å². The zero-order chi connectivity index (χ0) is 24.5. The Labute approximate surface area is 211 Å². The van der Waals surface area contributed by atoms with Crippen LogP contribution in [-0.4, -0.2) is 53.4 Å². The number of ether oxygens (including phenoxy) is 2. The molecule has 1 saturated heterocycles. The van der Waals surface area contributed by atoms with E-state index in [0.29, 0.717) is 0 Å². The minimum atomic E-state index is -0.819. The summed E-state index contributed by atoms with van der Waals surface area (Å²) in [7, 11) is 1.73. The molecule has 0 bridgehead atoms. The summed E-state index contributed by atoms with van der Waals surface area (Å²) in [4.78, 5) is 7.32. The third-order valence-corrected chi connectivity index (χ3v) is 8.44. The van der Waals surface area contributed by atoms with Crippen LogP contribution in [0, 0.1) is 0 Å². The molecule has 5 atom stereocenters. The number of allylic oxidation sites excluding steroid dienone is 1. The van der Waals surface area contributed by atoms with Crippen molar-refractivity contribution >= 4 is 27.8 Å². The van der Waals surface area contributed by atoms with E-state index in [2.05, 4.69) is 73.4 Å². The Kier molecular flexibility index (Phi) is 7.05. The fourth-order valence-electron chi connectivity index (χ4n) is 5.52. The molecule has 2 aliphatic rings. The lowest BCUT2D eigenvalue weighted by Crippen LogP contribution is -2.45. The Morgan fingerprint density at radius 3 is 2.40 bits per heavy atom. The minimum absolute atomic E-state index is 0.155. The Morgan fingerprint density at radius 2 is 1.77 bits per heavy atom. The quantitative estimate of drug-likeness (QED) is 0.339. The molecule has 2 heterocycles. The van der Waals surface area contributed by atoms with Crippen molar-refractivity contribution in [3.05, 3.63) is 66.4 Å². The highest BCUT2D eigenvalue weighted by molar-refractivity contribution is 7.91. The largest absolute Gasteiger partial charge is 0.616 e. The number of anilines is 1. The van der Waals surface area contributed by atoms with E-state index in [0.717, 1.165) is 53.7 Å². The Hall–Kier alpha value is -2.54. The van der Waals surface area contributed by atoms with E-state index >= 15 is 0 Å². The van der Waals surface area contributed by atoms with E-state index in [4.69, 9.17) is 14.5 Å². The maximum absolute atomic E-state index is 11.9. The predicted octanol–water partition coefficient (Wildman–Crippen LogP) is 5.70. The Bertz CT molecular complexity index is 1200. The number of rotatable bonds is 5. The third kappa shape index (κ3) is 4.92. The molecule has 0 radical (unpaired) electrons. The van der Waals surface area contributed by atoms with Gasteiger partial charge >= 0.3 is 0 Å². The minimum Gasteiger partial charge on any atom is -0.616 e. The molecule has 1 aromatic heterocycles. The van der Waals surface area contributed by atoms with Gasteiger partial charge in [0.05, 0.1) is 31.1 Å². The molecule has 0 amide bonds. The van der Waals surface area contributed by atoms with Crippen LogP contribution in [0.15, 0.2) is 60.8 Å². The van der Waals surface area contributed by atoms with Gasteiger partial charge in [0.2, 0.25) is 0 Å². The van der Waals surface area contributed by atoms with Crippen molar-refractivity contribution in [1.29, 1.82) is 0 Å². The second-order valence-corrected chi connectivity index (χ2v) is 11.4. The van der Waals surface area contributed by atoms with Gasteiger partial charge in [-0.15, -0.1) is 0 Å². The lowest BCUT2D eigenvalue weighted by atomic mass is 9.87. The van der Waals surface area contributed by atoms with Gasteiger partial charge in [-0.25, -0.2) is 0 Å². The molecule has 5 nitrogen and oxygen atoms in total. The van der Waals surface area contributed by atoms with Gasteiger partial charge in [-0.3, -0.25) is 4.98 Å². The van der Waals surface area contributed by atoms with Crippen LogP contribution in [0.5, 0.6) is 5.75 Å². The van der Waals surface area contributed by atoms with Crippen molar-refractivity contribution in [2.75, 3.05) is 31.4 Å². The average Bonchev–Trinajstić information content (AvgIpc) is 2.87. The maximum atomic E-state index is 11.9. The van der Waals surface area contributed by atoms with Gasteiger partial charge in [-0.1, -0.05) is 30.3 Å². The maximum Gasteiger partial charge on any atom is 0.137 e. The lowest BCUT2D eigenvalue weighted by Gasteiger charge is -2.36. The second kappa shape index (κ2) is 10.2. The highest BCUT2D eigenvalue weighted by Crippen LogP contribution is 2.40. The van der Waals surface area contributed by atoms with E-state index < -0.39 is 11.2 Å². The molecule has 2 aromatic carbocycles. The topological polar surface area (TPSA) is 57.7 Å². The first-order chi connectivity index (χ1) is 16.9. The molecule has 0 saturated carbocycles. The van der Waals surface area contributed by atoms with Gasteiger partial charge in [-0.2, -0.15) is 0 Å². The molecule has 184 valence electrons. The van der Waals surface area contributed by atoms with Crippen LogP contribution in [0.1, 0.15) is 38.2 Å². The van der Waals surface area contributed by atoms with E-state index in [1.807, 2.05) is 6.20 Å². The van der Waals surface area contributed by atoms with Gasteiger partial charge in [0, 0.05) is 41.8 Å². The molecular formula is C29H34N2O3S. The zero-order valence-corrected chi connectivity index (χ0v) is 21.8. The Balaban J connectivity index is 1.46. The van der Waals surface area contributed by atoms with Crippen molar-refractivity contribution < 1.29 is 14.0 Å². The van der Waals surface area contributed by atoms with Crippen molar-refractivity contribution in [3.63, 3.8) is 0 Å². The van der Waals surface area contributed by atoms with Crippen LogP contribution < -0.4 is 9.64 Å². The number of aromatic nitrogens is 1. The SMILES string of the molecule is COc1c(-c2ccc(N3CC(C)OC(C)C3)cc2)cnc2c(C3C=CC([S+](C)[O-])CC3)cccc12. The zero-order valence-electron chi connectivity index (χ0n) is 20.9. The fourth-order valence-corrected chi connectivity index (χ4v) is 6.30. The van der Waals surface area contributed by atoms with E-state index in [1.54, 1.807) is 13.4 Å². The summed E-state index contributed by atoms with van der Waals surface area (Å²) in [5.41, 5.74) is 5.47. The van der Waals surface area contributed by atoms with Crippen molar-refractivity contribution in [2.45, 2.75) is 50.1 Å². The molecule has 1 fully saturated rings. The van der Waals surface area contributed by atoms with Gasteiger partial charge in [0.15, 0.2) is 0 Å². The van der Waals surface area contributed by atoms with Crippen LogP contribution >= 0.6 is 0 Å². The normalized spacial score (nSPS) is 25.6. The van der Waals surface area contributed by atoms with Crippen LogP contribution in [0.4, 0.5) is 5.69 Å². The van der Waals surface area contributed by atoms with Crippen LogP contribution in [0.3, 0.4) is 0 Å².